The second kappa shape index (κ2) is 9.23. The highest BCUT2D eigenvalue weighted by Crippen LogP contribution is 2.23. The van der Waals surface area contributed by atoms with Crippen molar-refractivity contribution < 1.29 is 9.59 Å². The molecule has 0 unspecified atom stereocenters. The van der Waals surface area contributed by atoms with Gasteiger partial charge in [0.15, 0.2) is 0 Å². The Labute approximate surface area is 187 Å². The van der Waals surface area contributed by atoms with Gasteiger partial charge >= 0.3 is 6.03 Å². The molecule has 0 bridgehead atoms. The minimum Gasteiger partial charge on any atom is -0.322 e. The van der Waals surface area contributed by atoms with E-state index in [1.807, 2.05) is 29.2 Å². The highest BCUT2D eigenvalue weighted by Gasteiger charge is 2.27. The molecule has 4 rings (SSSR count). The molecule has 1 heterocycles. The van der Waals surface area contributed by atoms with Gasteiger partial charge in [-0.1, -0.05) is 41.4 Å². The van der Waals surface area contributed by atoms with Gasteiger partial charge in [0.05, 0.1) is 0 Å². The largest absolute Gasteiger partial charge is 0.324 e. The number of carbonyl (C=O) groups is 2. The second-order valence-corrected chi connectivity index (χ2v) is 8.14. The molecule has 31 heavy (non-hydrogen) atoms. The van der Waals surface area contributed by atoms with Crippen LogP contribution in [0.1, 0.15) is 27.9 Å². The number of rotatable bonds is 5. The van der Waals surface area contributed by atoms with Gasteiger partial charge < -0.3 is 10.2 Å². The van der Waals surface area contributed by atoms with Gasteiger partial charge in [0, 0.05) is 41.6 Å². The second-order valence-electron chi connectivity index (χ2n) is 7.71. The molecule has 0 aromatic heterocycles. The molecule has 0 atom stereocenters. The Bertz CT molecular complexity index is 1080. The molecule has 1 fully saturated rings. The van der Waals surface area contributed by atoms with Crippen molar-refractivity contribution in [1.82, 2.24) is 4.90 Å². The van der Waals surface area contributed by atoms with Crippen LogP contribution in [0.15, 0.2) is 72.8 Å². The van der Waals surface area contributed by atoms with E-state index in [9.17, 15) is 9.59 Å². The zero-order chi connectivity index (χ0) is 21.8. The third kappa shape index (κ3) is 5.06. The number of nitrogens with zero attached hydrogens (tertiary/aromatic N) is 2. The molecule has 3 aromatic carbocycles. The van der Waals surface area contributed by atoms with Crippen molar-refractivity contribution in [2.45, 2.75) is 19.9 Å². The van der Waals surface area contributed by atoms with E-state index in [0.29, 0.717) is 29.4 Å². The molecule has 0 spiro atoms. The van der Waals surface area contributed by atoms with Crippen LogP contribution in [-0.2, 0) is 6.54 Å². The average Bonchev–Trinajstić information content (AvgIpc) is 2.77. The number of benzene rings is 3. The number of amides is 3. The van der Waals surface area contributed by atoms with E-state index in [1.54, 1.807) is 41.3 Å². The van der Waals surface area contributed by atoms with Crippen molar-refractivity contribution in [2.75, 3.05) is 23.3 Å². The summed E-state index contributed by atoms with van der Waals surface area (Å²) in [6.45, 7) is 4.06. The van der Waals surface area contributed by atoms with Gasteiger partial charge in [-0.05, 0) is 67.4 Å². The van der Waals surface area contributed by atoms with Crippen LogP contribution in [0, 0.1) is 6.92 Å². The zero-order valence-corrected chi connectivity index (χ0v) is 18.1. The maximum Gasteiger partial charge on any atom is 0.324 e. The van der Waals surface area contributed by atoms with Crippen molar-refractivity contribution in [3.05, 3.63) is 94.5 Å². The fourth-order valence-corrected chi connectivity index (χ4v) is 3.85. The molecule has 1 aliphatic rings. The van der Waals surface area contributed by atoms with E-state index in [4.69, 9.17) is 11.6 Å². The normalized spacial score (nSPS) is 13.9. The van der Waals surface area contributed by atoms with Crippen LogP contribution in [0.5, 0.6) is 0 Å². The van der Waals surface area contributed by atoms with Gasteiger partial charge in [-0.3, -0.25) is 9.69 Å². The fourth-order valence-electron chi connectivity index (χ4n) is 3.73. The Balaban J connectivity index is 1.43. The molecule has 5 nitrogen and oxygen atoms in total. The monoisotopic (exact) mass is 433 g/mol. The topological polar surface area (TPSA) is 52.6 Å². The van der Waals surface area contributed by atoms with Gasteiger partial charge in [0.1, 0.15) is 0 Å². The Morgan fingerprint density at radius 2 is 1.74 bits per heavy atom. The maximum atomic E-state index is 13.1. The van der Waals surface area contributed by atoms with Crippen LogP contribution >= 0.6 is 11.6 Å². The van der Waals surface area contributed by atoms with Crippen molar-refractivity contribution in [3.63, 3.8) is 0 Å². The van der Waals surface area contributed by atoms with E-state index in [0.717, 1.165) is 24.2 Å². The summed E-state index contributed by atoms with van der Waals surface area (Å²) >= 11 is 5.88. The summed E-state index contributed by atoms with van der Waals surface area (Å²) in [5.74, 6) is -0.208. The van der Waals surface area contributed by atoms with Crippen LogP contribution in [0.25, 0.3) is 0 Å². The van der Waals surface area contributed by atoms with E-state index in [1.165, 1.54) is 5.56 Å². The minimum absolute atomic E-state index is 0.00822. The number of urea groups is 1. The van der Waals surface area contributed by atoms with Gasteiger partial charge in [0.25, 0.3) is 5.91 Å². The van der Waals surface area contributed by atoms with Crippen molar-refractivity contribution >= 4 is 34.9 Å². The van der Waals surface area contributed by atoms with Gasteiger partial charge in [-0.25, -0.2) is 4.79 Å². The van der Waals surface area contributed by atoms with Crippen molar-refractivity contribution in [2.24, 2.45) is 0 Å². The van der Waals surface area contributed by atoms with E-state index in [-0.39, 0.29) is 11.9 Å². The third-order valence-corrected chi connectivity index (χ3v) is 5.56. The molecule has 1 aliphatic heterocycles. The average molecular weight is 434 g/mol. The number of hydrogen-bond donors (Lipinski definition) is 1. The lowest BCUT2D eigenvalue weighted by Gasteiger charge is -2.35. The lowest BCUT2D eigenvalue weighted by Crippen LogP contribution is -2.49. The minimum atomic E-state index is -0.208. The molecule has 6 heteroatoms. The molecule has 158 valence electrons. The molecule has 0 aliphatic carbocycles. The van der Waals surface area contributed by atoms with E-state index in [2.05, 4.69) is 24.4 Å². The van der Waals surface area contributed by atoms with Gasteiger partial charge in [0.2, 0.25) is 0 Å². The molecule has 0 radical (unpaired) electrons. The SMILES string of the molecule is Cc1cccc(CN2CCCN(c3ccc(C(=O)Nc4ccc(Cl)cc4)cc3)C2=O)c1. The predicted octanol–water partition coefficient (Wildman–Crippen LogP) is 5.73. The standard InChI is InChI=1S/C25H24ClN3O2/c1-18-4-2-5-19(16-18)17-28-14-3-15-29(25(28)31)23-12-6-20(7-13-23)24(30)27-22-10-8-21(26)9-11-22/h2,4-13,16H,3,14-15,17H2,1H3,(H,27,30). The Kier molecular flexibility index (Phi) is 6.23. The smallest absolute Gasteiger partial charge is 0.322 e. The molecule has 1 saturated heterocycles. The highest BCUT2D eigenvalue weighted by molar-refractivity contribution is 6.30. The quantitative estimate of drug-likeness (QED) is 0.558. The van der Waals surface area contributed by atoms with Crippen molar-refractivity contribution in [1.29, 1.82) is 0 Å². The first-order chi connectivity index (χ1) is 15.0. The maximum absolute atomic E-state index is 13.1. The lowest BCUT2D eigenvalue weighted by molar-refractivity contribution is 0.102. The van der Waals surface area contributed by atoms with Crippen LogP contribution in [0.3, 0.4) is 0 Å². The number of aryl methyl sites for hydroxylation is 1. The third-order valence-electron chi connectivity index (χ3n) is 5.31. The predicted molar refractivity (Wildman–Crippen MR) is 125 cm³/mol. The summed E-state index contributed by atoms with van der Waals surface area (Å²) in [5, 5.41) is 3.46. The number of hydrogen-bond acceptors (Lipinski definition) is 2. The molecule has 0 saturated carbocycles. The Morgan fingerprint density at radius 3 is 2.45 bits per heavy atom. The highest BCUT2D eigenvalue weighted by atomic mass is 35.5. The summed E-state index contributed by atoms with van der Waals surface area (Å²) in [7, 11) is 0. The Hall–Kier alpha value is -3.31. The van der Waals surface area contributed by atoms with Crippen LogP contribution in [0.4, 0.5) is 16.2 Å². The molecule has 3 aromatic rings. The van der Waals surface area contributed by atoms with Gasteiger partial charge in [-0.2, -0.15) is 0 Å². The van der Waals surface area contributed by atoms with E-state index >= 15 is 0 Å². The summed E-state index contributed by atoms with van der Waals surface area (Å²) in [6, 6.07) is 22.3. The first-order valence-corrected chi connectivity index (χ1v) is 10.7. The first kappa shape index (κ1) is 20.9. The molecule has 1 N–H and O–H groups in total. The zero-order valence-electron chi connectivity index (χ0n) is 17.3. The van der Waals surface area contributed by atoms with Gasteiger partial charge in [-0.15, -0.1) is 0 Å². The number of anilines is 2. The van der Waals surface area contributed by atoms with Crippen LogP contribution < -0.4 is 10.2 Å². The molecular weight excluding hydrogens is 410 g/mol. The number of halogens is 1. The summed E-state index contributed by atoms with van der Waals surface area (Å²) in [4.78, 5) is 29.2. The fraction of sp³-hybridized carbons (Fsp3) is 0.200. The lowest BCUT2D eigenvalue weighted by atomic mass is 10.1. The molecular formula is C25H24ClN3O2. The van der Waals surface area contributed by atoms with Crippen molar-refractivity contribution in [3.8, 4) is 0 Å². The Morgan fingerprint density at radius 1 is 1.00 bits per heavy atom. The first-order valence-electron chi connectivity index (χ1n) is 10.3. The van der Waals surface area contributed by atoms with Crippen LogP contribution in [0.2, 0.25) is 5.02 Å². The molecule has 3 amide bonds. The summed E-state index contributed by atoms with van der Waals surface area (Å²) in [5.41, 5.74) is 4.31. The number of carbonyl (C=O) groups excluding carboxylic acids is 2. The van der Waals surface area contributed by atoms with E-state index < -0.39 is 0 Å². The summed E-state index contributed by atoms with van der Waals surface area (Å²) < 4.78 is 0. The van der Waals surface area contributed by atoms with Crippen LogP contribution in [-0.4, -0.2) is 29.9 Å². The number of nitrogens with one attached hydrogen (secondary N) is 1. The summed E-state index contributed by atoms with van der Waals surface area (Å²) in [6.07, 6.45) is 0.899.